The van der Waals surface area contributed by atoms with Gasteiger partial charge < -0.3 is 22.2 Å². The van der Waals surface area contributed by atoms with Crippen molar-refractivity contribution >= 4 is 17.6 Å². The molecule has 0 radical (unpaired) electrons. The second kappa shape index (κ2) is 7.96. The number of imidazole rings is 1. The molecule has 0 bridgehead atoms. The third-order valence-electron chi connectivity index (χ3n) is 5.12. The second-order valence-corrected chi connectivity index (χ2v) is 7.30. The molecule has 1 aliphatic heterocycles. The first kappa shape index (κ1) is 19.6. The predicted octanol–water partition coefficient (Wildman–Crippen LogP) is 1.74. The van der Waals surface area contributed by atoms with Gasteiger partial charge >= 0.3 is 0 Å². The minimum absolute atomic E-state index is 0.0197. The lowest BCUT2D eigenvalue weighted by molar-refractivity contribution is 0.0991. The van der Waals surface area contributed by atoms with Gasteiger partial charge in [0.15, 0.2) is 5.69 Å². The van der Waals surface area contributed by atoms with Crippen molar-refractivity contribution in [3.63, 3.8) is 0 Å². The van der Waals surface area contributed by atoms with Crippen molar-refractivity contribution in [1.82, 2.24) is 20.0 Å². The van der Waals surface area contributed by atoms with Crippen molar-refractivity contribution in [2.45, 2.75) is 25.8 Å². The van der Waals surface area contributed by atoms with E-state index >= 15 is 0 Å². The van der Waals surface area contributed by atoms with Crippen molar-refractivity contribution in [2.75, 3.05) is 17.7 Å². The average molecular weight is 405 g/mol. The largest absolute Gasteiger partial charge is 0.364 e. The molecule has 3 heterocycles. The number of nitrogens with two attached hydrogens (primary N) is 2. The molecule has 0 spiro atoms. The molecule has 1 fully saturated rings. The zero-order chi connectivity index (χ0) is 21.3. The lowest BCUT2D eigenvalue weighted by Crippen LogP contribution is -2.27. The number of nitrogens with zero attached hydrogens (tertiary/aromatic N) is 3. The molecule has 1 atom stereocenters. The van der Waals surface area contributed by atoms with Crippen LogP contribution in [0.25, 0.3) is 11.3 Å². The van der Waals surface area contributed by atoms with Crippen molar-refractivity contribution < 1.29 is 9.59 Å². The van der Waals surface area contributed by atoms with Crippen LogP contribution in [0, 0.1) is 6.92 Å². The molecule has 1 aliphatic rings. The number of rotatable bonds is 5. The summed E-state index contributed by atoms with van der Waals surface area (Å²) in [4.78, 5) is 33.3. The Kier molecular flexibility index (Phi) is 5.20. The van der Waals surface area contributed by atoms with Gasteiger partial charge in [-0.15, -0.1) is 0 Å². The summed E-state index contributed by atoms with van der Waals surface area (Å²) in [6.45, 7) is 2.80. The summed E-state index contributed by atoms with van der Waals surface area (Å²) in [6.07, 6.45) is 3.54. The maximum absolute atomic E-state index is 12.5. The number of carbonyl (C=O) groups excluding carboxylic acids is 2. The molecule has 30 heavy (non-hydrogen) atoms. The number of carbonyl (C=O) groups is 2. The van der Waals surface area contributed by atoms with E-state index in [4.69, 9.17) is 11.6 Å². The normalized spacial score (nSPS) is 15.8. The monoisotopic (exact) mass is 405 g/mol. The van der Waals surface area contributed by atoms with Crippen molar-refractivity contribution in [1.29, 1.82) is 0 Å². The fourth-order valence-electron chi connectivity index (χ4n) is 3.61. The quantitative estimate of drug-likeness (QED) is 0.477. The number of benzene rings is 1. The van der Waals surface area contributed by atoms with Crippen LogP contribution in [-0.2, 0) is 0 Å². The zero-order valence-electron chi connectivity index (χ0n) is 16.6. The molecule has 154 valence electrons. The summed E-state index contributed by atoms with van der Waals surface area (Å²) in [5.41, 5.74) is 8.21. The highest BCUT2D eigenvalue weighted by Gasteiger charge is 2.27. The molecule has 1 aromatic carbocycles. The number of aryl methyl sites for hydroxylation is 1. The van der Waals surface area contributed by atoms with E-state index in [1.165, 1.54) is 4.68 Å². The molecule has 6 N–H and O–H groups in total. The summed E-state index contributed by atoms with van der Waals surface area (Å²) in [5.74, 6) is 6.26. The van der Waals surface area contributed by atoms with Crippen LogP contribution < -0.4 is 22.2 Å². The van der Waals surface area contributed by atoms with Gasteiger partial charge in [-0.3, -0.25) is 9.59 Å². The highest BCUT2D eigenvalue weighted by molar-refractivity contribution is 6.04. The predicted molar refractivity (Wildman–Crippen MR) is 113 cm³/mol. The number of primary amides is 1. The Morgan fingerprint density at radius 3 is 2.63 bits per heavy atom. The number of aromatic nitrogens is 3. The molecule has 2 amide bonds. The minimum atomic E-state index is -0.656. The smallest absolute Gasteiger partial charge is 0.269 e. The van der Waals surface area contributed by atoms with E-state index in [0.717, 1.165) is 24.9 Å². The van der Waals surface area contributed by atoms with E-state index < -0.39 is 5.91 Å². The van der Waals surface area contributed by atoms with E-state index in [-0.39, 0.29) is 17.6 Å². The Morgan fingerprint density at radius 2 is 2.00 bits per heavy atom. The SMILES string of the molecule is Cc1ccnc(NC(=O)c2ccc(-c3nc([C@@H]4CCCN4)n(N)c3C(N)=O)cc2)c1. The molecule has 1 saturated heterocycles. The van der Waals surface area contributed by atoms with E-state index in [9.17, 15) is 9.59 Å². The van der Waals surface area contributed by atoms with Crippen LogP contribution in [-0.4, -0.2) is 33.0 Å². The van der Waals surface area contributed by atoms with Crippen molar-refractivity contribution in [3.05, 3.63) is 65.2 Å². The van der Waals surface area contributed by atoms with Crippen LogP contribution in [0.5, 0.6) is 0 Å². The van der Waals surface area contributed by atoms with Gasteiger partial charge in [-0.25, -0.2) is 14.6 Å². The summed E-state index contributed by atoms with van der Waals surface area (Å²) in [6, 6.07) is 10.4. The lowest BCUT2D eigenvalue weighted by atomic mass is 10.1. The average Bonchev–Trinajstić information content (AvgIpc) is 3.35. The fourth-order valence-corrected chi connectivity index (χ4v) is 3.61. The van der Waals surface area contributed by atoms with Crippen LogP contribution in [0.4, 0.5) is 5.82 Å². The third-order valence-corrected chi connectivity index (χ3v) is 5.12. The van der Waals surface area contributed by atoms with Gasteiger partial charge in [-0.2, -0.15) is 0 Å². The number of amides is 2. The highest BCUT2D eigenvalue weighted by Crippen LogP contribution is 2.29. The number of pyridine rings is 1. The first-order valence-corrected chi connectivity index (χ1v) is 9.69. The lowest BCUT2D eigenvalue weighted by Gasteiger charge is -2.09. The number of nitrogen functional groups attached to an aromatic ring is 1. The first-order valence-electron chi connectivity index (χ1n) is 9.69. The number of hydrogen-bond acceptors (Lipinski definition) is 6. The molecule has 0 unspecified atom stereocenters. The summed E-state index contributed by atoms with van der Waals surface area (Å²) in [7, 11) is 0. The summed E-state index contributed by atoms with van der Waals surface area (Å²) >= 11 is 0. The summed E-state index contributed by atoms with van der Waals surface area (Å²) in [5, 5.41) is 6.09. The minimum Gasteiger partial charge on any atom is -0.364 e. The molecule has 9 heteroatoms. The Morgan fingerprint density at radius 1 is 1.23 bits per heavy atom. The molecule has 0 saturated carbocycles. The molecule has 3 aromatic rings. The number of hydrogen-bond donors (Lipinski definition) is 4. The van der Waals surface area contributed by atoms with E-state index in [2.05, 4.69) is 20.6 Å². The van der Waals surface area contributed by atoms with Crippen molar-refractivity contribution in [3.8, 4) is 11.3 Å². The molecule has 4 rings (SSSR count). The molecule has 9 nitrogen and oxygen atoms in total. The van der Waals surface area contributed by atoms with Gasteiger partial charge in [-0.1, -0.05) is 12.1 Å². The van der Waals surface area contributed by atoms with E-state index in [1.54, 1.807) is 36.5 Å². The Bertz CT molecular complexity index is 1100. The summed E-state index contributed by atoms with van der Waals surface area (Å²) < 4.78 is 1.27. The zero-order valence-corrected chi connectivity index (χ0v) is 16.6. The van der Waals surface area contributed by atoms with Crippen LogP contribution in [0.15, 0.2) is 42.6 Å². The Hall–Kier alpha value is -3.72. The Balaban J connectivity index is 1.61. The van der Waals surface area contributed by atoms with Gasteiger partial charge in [0.25, 0.3) is 11.8 Å². The maximum Gasteiger partial charge on any atom is 0.269 e. The number of anilines is 1. The van der Waals surface area contributed by atoms with Crippen LogP contribution in [0.3, 0.4) is 0 Å². The molecule has 0 aliphatic carbocycles. The topological polar surface area (TPSA) is 141 Å². The van der Waals surface area contributed by atoms with E-state index in [1.807, 2.05) is 13.0 Å². The second-order valence-electron chi connectivity index (χ2n) is 7.30. The standard InChI is InChI=1S/C21H23N7O2/c1-12-8-10-25-16(11-12)26-21(30)14-6-4-13(5-7-14)17-18(19(22)29)28(23)20(27-17)15-3-2-9-24-15/h4-8,10-11,15,24H,2-3,9,23H2,1H3,(H2,22,29)(H,25,26,30)/t15-/m0/s1. The van der Waals surface area contributed by atoms with E-state index in [0.29, 0.717) is 28.5 Å². The van der Waals surface area contributed by atoms with Crippen LogP contribution in [0.2, 0.25) is 0 Å². The fraction of sp³-hybridized carbons (Fsp3) is 0.238. The van der Waals surface area contributed by atoms with Gasteiger partial charge in [-0.05, 0) is 56.1 Å². The highest BCUT2D eigenvalue weighted by atomic mass is 16.2. The van der Waals surface area contributed by atoms with Gasteiger partial charge in [0.1, 0.15) is 17.3 Å². The van der Waals surface area contributed by atoms with Gasteiger partial charge in [0, 0.05) is 17.3 Å². The van der Waals surface area contributed by atoms with Crippen molar-refractivity contribution in [2.24, 2.45) is 5.73 Å². The first-order chi connectivity index (χ1) is 14.4. The van der Waals surface area contributed by atoms with Crippen LogP contribution in [0.1, 0.15) is 51.1 Å². The van der Waals surface area contributed by atoms with Gasteiger partial charge in [0.2, 0.25) is 0 Å². The maximum atomic E-state index is 12.5. The molecular weight excluding hydrogens is 382 g/mol. The number of nitrogens with one attached hydrogen (secondary N) is 2. The Labute approximate surface area is 173 Å². The van der Waals surface area contributed by atoms with Crippen LogP contribution >= 0.6 is 0 Å². The van der Waals surface area contributed by atoms with Gasteiger partial charge in [0.05, 0.1) is 6.04 Å². The third kappa shape index (κ3) is 3.74. The molecular formula is C21H23N7O2. The molecule has 2 aromatic heterocycles.